The van der Waals surface area contributed by atoms with Crippen LogP contribution in [0.2, 0.25) is 0 Å². The van der Waals surface area contributed by atoms with Crippen molar-refractivity contribution in [3.05, 3.63) is 83.4 Å². The summed E-state index contributed by atoms with van der Waals surface area (Å²) in [6.07, 6.45) is 1.57. The highest BCUT2D eigenvalue weighted by atomic mass is 16.5. The number of nitrogens with one attached hydrogen (secondary N) is 1. The van der Waals surface area contributed by atoms with E-state index in [4.69, 9.17) is 9.26 Å². The maximum Gasteiger partial charge on any atom is 0.350 e. The quantitative estimate of drug-likeness (QED) is 0.400. The second kappa shape index (κ2) is 9.02. The predicted molar refractivity (Wildman–Crippen MR) is 124 cm³/mol. The van der Waals surface area contributed by atoms with Crippen molar-refractivity contribution in [2.75, 3.05) is 11.9 Å². The van der Waals surface area contributed by atoms with Crippen LogP contribution in [0.4, 0.5) is 5.69 Å². The number of pyridine rings is 1. The molecule has 3 aromatic heterocycles. The molecule has 1 amide bonds. The Morgan fingerprint density at radius 3 is 2.68 bits per heavy atom. The van der Waals surface area contributed by atoms with Crippen LogP contribution in [0.1, 0.15) is 6.92 Å². The summed E-state index contributed by atoms with van der Waals surface area (Å²) in [6.45, 7) is 2.04. The zero-order chi connectivity index (χ0) is 23.5. The van der Waals surface area contributed by atoms with Gasteiger partial charge in [0.15, 0.2) is 5.65 Å². The summed E-state index contributed by atoms with van der Waals surface area (Å²) in [7, 11) is 0. The molecule has 170 valence electrons. The van der Waals surface area contributed by atoms with Gasteiger partial charge in [-0.15, -0.1) is 5.10 Å². The van der Waals surface area contributed by atoms with Gasteiger partial charge in [0.2, 0.25) is 11.7 Å². The van der Waals surface area contributed by atoms with E-state index in [2.05, 4.69) is 20.6 Å². The number of rotatable bonds is 7. The molecule has 0 bridgehead atoms. The predicted octanol–water partition coefficient (Wildman–Crippen LogP) is 3.25. The summed E-state index contributed by atoms with van der Waals surface area (Å²) in [5.74, 6) is 0.778. The second-order valence-electron chi connectivity index (χ2n) is 7.32. The smallest absolute Gasteiger partial charge is 0.350 e. The number of para-hydroxylation sites is 2. The lowest BCUT2D eigenvalue weighted by Crippen LogP contribution is -2.28. The molecule has 0 aliphatic carbocycles. The summed E-state index contributed by atoms with van der Waals surface area (Å²) in [6, 6.07) is 19.9. The zero-order valence-corrected chi connectivity index (χ0v) is 18.2. The van der Waals surface area contributed by atoms with Gasteiger partial charge < -0.3 is 14.6 Å². The minimum Gasteiger partial charge on any atom is -0.492 e. The van der Waals surface area contributed by atoms with E-state index in [1.165, 1.54) is 4.40 Å². The fourth-order valence-corrected chi connectivity index (χ4v) is 3.52. The van der Waals surface area contributed by atoms with E-state index < -0.39 is 11.6 Å². The lowest BCUT2D eigenvalue weighted by atomic mass is 10.2. The van der Waals surface area contributed by atoms with Crippen LogP contribution in [0, 0.1) is 0 Å². The van der Waals surface area contributed by atoms with Crippen LogP contribution in [0.5, 0.6) is 5.75 Å². The van der Waals surface area contributed by atoms with E-state index in [1.54, 1.807) is 36.5 Å². The molecule has 1 N–H and O–H groups in total. The molecular weight excluding hydrogens is 436 g/mol. The Balaban J connectivity index is 1.43. The number of carbonyl (C=O) groups is 1. The molecular formula is C24H20N6O4. The molecule has 10 heteroatoms. The molecule has 5 rings (SSSR count). The number of hydrogen-bond donors (Lipinski definition) is 1. The minimum atomic E-state index is -0.465. The molecule has 0 aliphatic heterocycles. The van der Waals surface area contributed by atoms with E-state index in [0.29, 0.717) is 35.1 Å². The first-order chi connectivity index (χ1) is 16.6. The standard InChI is InChI=1S/C24H20N6O4/c1-2-33-19-13-7-6-12-18(19)25-20(31)15-30-24(32)29-14-8-11-17(22(29)27-30)23-26-21(28-34-23)16-9-4-3-5-10-16/h3-14H,2,15H2,1H3,(H,25,31). The van der Waals surface area contributed by atoms with Crippen LogP contribution in [0.3, 0.4) is 0 Å². The number of aromatic nitrogens is 5. The van der Waals surface area contributed by atoms with E-state index in [-0.39, 0.29) is 12.4 Å². The number of benzene rings is 2. The van der Waals surface area contributed by atoms with Crippen molar-refractivity contribution in [2.24, 2.45) is 0 Å². The van der Waals surface area contributed by atoms with Gasteiger partial charge in [-0.25, -0.2) is 13.9 Å². The number of ether oxygens (including phenoxy) is 1. The van der Waals surface area contributed by atoms with Gasteiger partial charge in [-0.3, -0.25) is 4.79 Å². The topological polar surface area (TPSA) is 117 Å². The largest absolute Gasteiger partial charge is 0.492 e. The normalized spacial score (nSPS) is 11.0. The third-order valence-electron chi connectivity index (χ3n) is 5.05. The number of carbonyl (C=O) groups excluding carboxylic acids is 1. The van der Waals surface area contributed by atoms with Gasteiger partial charge in [0, 0.05) is 11.8 Å². The number of anilines is 1. The molecule has 0 fully saturated rings. The second-order valence-corrected chi connectivity index (χ2v) is 7.32. The number of hydrogen-bond acceptors (Lipinski definition) is 7. The lowest BCUT2D eigenvalue weighted by Gasteiger charge is -2.10. The summed E-state index contributed by atoms with van der Waals surface area (Å²) in [5, 5.41) is 11.2. The van der Waals surface area contributed by atoms with Gasteiger partial charge >= 0.3 is 5.69 Å². The van der Waals surface area contributed by atoms with E-state index in [1.807, 2.05) is 43.3 Å². The molecule has 2 aromatic carbocycles. The molecule has 0 radical (unpaired) electrons. The van der Waals surface area contributed by atoms with Gasteiger partial charge in [-0.1, -0.05) is 47.6 Å². The van der Waals surface area contributed by atoms with Crippen LogP contribution >= 0.6 is 0 Å². The Labute approximate surface area is 193 Å². The van der Waals surface area contributed by atoms with Crippen molar-refractivity contribution in [2.45, 2.75) is 13.5 Å². The van der Waals surface area contributed by atoms with Crippen LogP contribution in [-0.2, 0) is 11.3 Å². The van der Waals surface area contributed by atoms with Gasteiger partial charge in [0.25, 0.3) is 5.89 Å². The number of fused-ring (bicyclic) bond motifs is 1. The number of nitrogens with zero attached hydrogens (tertiary/aromatic N) is 5. The third-order valence-corrected chi connectivity index (χ3v) is 5.05. The molecule has 0 saturated carbocycles. The van der Waals surface area contributed by atoms with Gasteiger partial charge in [0.05, 0.1) is 17.9 Å². The fourth-order valence-electron chi connectivity index (χ4n) is 3.52. The van der Waals surface area contributed by atoms with Gasteiger partial charge in [0.1, 0.15) is 12.3 Å². The highest BCUT2D eigenvalue weighted by Gasteiger charge is 2.19. The Morgan fingerprint density at radius 1 is 1.06 bits per heavy atom. The van der Waals surface area contributed by atoms with Crippen LogP contribution < -0.4 is 15.7 Å². The molecule has 0 spiro atoms. The third kappa shape index (κ3) is 4.04. The van der Waals surface area contributed by atoms with Crippen LogP contribution in [0.15, 0.2) is 82.2 Å². The molecule has 0 unspecified atom stereocenters. The summed E-state index contributed by atoms with van der Waals surface area (Å²) < 4.78 is 13.4. The molecule has 10 nitrogen and oxygen atoms in total. The first-order valence-electron chi connectivity index (χ1n) is 10.6. The van der Waals surface area contributed by atoms with E-state index >= 15 is 0 Å². The Morgan fingerprint density at radius 2 is 1.85 bits per heavy atom. The zero-order valence-electron chi connectivity index (χ0n) is 18.2. The van der Waals surface area contributed by atoms with Crippen LogP contribution in [-0.4, -0.2) is 36.8 Å². The molecule has 5 aromatic rings. The molecule has 34 heavy (non-hydrogen) atoms. The van der Waals surface area contributed by atoms with Crippen molar-refractivity contribution in [3.63, 3.8) is 0 Å². The average molecular weight is 456 g/mol. The average Bonchev–Trinajstić information content (AvgIpc) is 3.47. The Hall–Kier alpha value is -4.73. The van der Waals surface area contributed by atoms with Crippen molar-refractivity contribution in [1.82, 2.24) is 24.3 Å². The first kappa shape index (κ1) is 21.1. The highest BCUT2D eigenvalue weighted by Crippen LogP contribution is 2.25. The number of amides is 1. The van der Waals surface area contributed by atoms with Crippen molar-refractivity contribution in [3.8, 4) is 28.6 Å². The maximum absolute atomic E-state index is 12.9. The molecule has 0 aliphatic rings. The SMILES string of the molecule is CCOc1ccccc1NC(=O)Cn1nc2c(-c3nc(-c4ccccc4)no3)cccn2c1=O. The summed E-state index contributed by atoms with van der Waals surface area (Å²) >= 11 is 0. The van der Waals surface area contributed by atoms with E-state index in [0.717, 1.165) is 10.2 Å². The van der Waals surface area contributed by atoms with Crippen molar-refractivity contribution >= 4 is 17.2 Å². The molecule has 0 saturated heterocycles. The maximum atomic E-state index is 12.9. The first-order valence-corrected chi connectivity index (χ1v) is 10.6. The lowest BCUT2D eigenvalue weighted by molar-refractivity contribution is -0.117. The van der Waals surface area contributed by atoms with Gasteiger partial charge in [-0.05, 0) is 31.2 Å². The van der Waals surface area contributed by atoms with Gasteiger partial charge in [-0.2, -0.15) is 4.98 Å². The Kier molecular flexibility index (Phi) is 5.61. The van der Waals surface area contributed by atoms with Crippen LogP contribution in [0.25, 0.3) is 28.5 Å². The minimum absolute atomic E-state index is 0.219. The monoisotopic (exact) mass is 456 g/mol. The Bertz CT molecular complexity index is 1520. The highest BCUT2D eigenvalue weighted by molar-refractivity contribution is 5.92. The fraction of sp³-hybridized carbons (Fsp3) is 0.125. The van der Waals surface area contributed by atoms with Crippen molar-refractivity contribution < 1.29 is 14.1 Å². The molecule has 3 heterocycles. The van der Waals surface area contributed by atoms with Crippen molar-refractivity contribution in [1.29, 1.82) is 0 Å². The van der Waals surface area contributed by atoms with E-state index in [9.17, 15) is 9.59 Å². The summed E-state index contributed by atoms with van der Waals surface area (Å²) in [4.78, 5) is 30.0. The molecule has 0 atom stereocenters. The summed E-state index contributed by atoms with van der Waals surface area (Å²) in [5.41, 5.74) is 1.64.